The van der Waals surface area contributed by atoms with Crippen molar-refractivity contribution < 1.29 is 0 Å². The lowest BCUT2D eigenvalue weighted by Gasteiger charge is -2.27. The summed E-state index contributed by atoms with van der Waals surface area (Å²) < 4.78 is 0. The van der Waals surface area contributed by atoms with E-state index in [1.54, 1.807) is 0 Å². The summed E-state index contributed by atoms with van der Waals surface area (Å²) >= 11 is 0. The van der Waals surface area contributed by atoms with Gasteiger partial charge in [-0.05, 0) is 44.0 Å². The number of aromatic nitrogens is 2. The lowest BCUT2D eigenvalue weighted by molar-refractivity contribution is 0.479. The first-order valence-electron chi connectivity index (χ1n) is 7.28. The van der Waals surface area contributed by atoms with Gasteiger partial charge in [-0.25, -0.2) is 0 Å². The van der Waals surface area contributed by atoms with Gasteiger partial charge in [-0.3, -0.25) is 0 Å². The molecule has 0 amide bonds. The van der Waals surface area contributed by atoms with Crippen molar-refractivity contribution in [1.82, 2.24) is 9.97 Å². The van der Waals surface area contributed by atoms with Crippen molar-refractivity contribution in [3.63, 3.8) is 0 Å². The van der Waals surface area contributed by atoms with Gasteiger partial charge in [0.25, 0.3) is 0 Å². The lowest BCUT2D eigenvalue weighted by atomic mass is 9.81. The predicted octanol–water partition coefficient (Wildman–Crippen LogP) is 4.75. The normalized spacial score (nSPS) is 15.4. The number of hydrogen-bond donors (Lipinski definition) is 2. The number of aromatic amines is 2. The minimum atomic E-state index is 0.0333. The van der Waals surface area contributed by atoms with E-state index in [4.69, 9.17) is 0 Å². The monoisotopic (exact) mass is 258 g/mol. The highest BCUT2D eigenvalue weighted by Gasteiger charge is 2.31. The fourth-order valence-electron chi connectivity index (χ4n) is 2.50. The molecule has 2 aromatic heterocycles. The summed E-state index contributed by atoms with van der Waals surface area (Å²) in [6.07, 6.45) is 4.21. The van der Waals surface area contributed by atoms with Gasteiger partial charge >= 0.3 is 0 Å². The topological polar surface area (TPSA) is 31.6 Å². The highest BCUT2D eigenvalue weighted by atomic mass is 14.8. The molecule has 104 valence electrons. The van der Waals surface area contributed by atoms with E-state index in [0.717, 1.165) is 12.8 Å². The summed E-state index contributed by atoms with van der Waals surface area (Å²) in [5.74, 6) is 0. The second kappa shape index (κ2) is 4.92. The molecule has 0 fully saturated rings. The van der Waals surface area contributed by atoms with E-state index >= 15 is 0 Å². The molecular weight excluding hydrogens is 232 g/mol. The Labute approximate surface area is 116 Å². The van der Waals surface area contributed by atoms with Crippen molar-refractivity contribution in [3.8, 4) is 0 Å². The van der Waals surface area contributed by atoms with Gasteiger partial charge in [0.15, 0.2) is 0 Å². The fourth-order valence-corrected chi connectivity index (χ4v) is 2.50. The van der Waals surface area contributed by atoms with E-state index in [1.807, 2.05) is 6.20 Å². The van der Waals surface area contributed by atoms with Crippen molar-refractivity contribution in [2.45, 2.75) is 58.3 Å². The molecule has 1 unspecified atom stereocenters. The molecule has 0 radical (unpaired) electrons. The Bertz CT molecular complexity index is 519. The average Bonchev–Trinajstić information content (AvgIpc) is 3.08. The van der Waals surface area contributed by atoms with E-state index in [1.165, 1.54) is 17.1 Å². The Kier molecular flexibility index (Phi) is 3.62. The van der Waals surface area contributed by atoms with Gasteiger partial charge in [-0.1, -0.05) is 27.7 Å². The Hall–Kier alpha value is -1.44. The van der Waals surface area contributed by atoms with Crippen LogP contribution in [0.15, 0.2) is 30.5 Å². The Morgan fingerprint density at radius 3 is 2.11 bits per heavy atom. The second-order valence-electron chi connectivity index (χ2n) is 6.29. The fraction of sp³-hybridized carbons (Fsp3) is 0.529. The van der Waals surface area contributed by atoms with Crippen LogP contribution in [0.4, 0.5) is 0 Å². The van der Waals surface area contributed by atoms with Crippen LogP contribution in [0.3, 0.4) is 0 Å². The molecule has 2 heterocycles. The number of hydrogen-bond acceptors (Lipinski definition) is 0. The third-order valence-electron chi connectivity index (χ3n) is 4.79. The molecule has 2 heteroatoms. The smallest absolute Gasteiger partial charge is 0.0472 e. The van der Waals surface area contributed by atoms with Crippen molar-refractivity contribution in [3.05, 3.63) is 47.5 Å². The van der Waals surface area contributed by atoms with Crippen LogP contribution in [0, 0.1) is 0 Å². The van der Waals surface area contributed by atoms with Crippen molar-refractivity contribution in [2.24, 2.45) is 0 Å². The Balaban J connectivity index is 2.41. The zero-order valence-corrected chi connectivity index (χ0v) is 12.8. The van der Waals surface area contributed by atoms with Crippen LogP contribution in [-0.4, -0.2) is 9.97 Å². The van der Waals surface area contributed by atoms with Crippen molar-refractivity contribution in [2.75, 3.05) is 0 Å². The van der Waals surface area contributed by atoms with Crippen LogP contribution in [0.2, 0.25) is 0 Å². The van der Waals surface area contributed by atoms with Crippen LogP contribution in [0.5, 0.6) is 0 Å². The standard InChI is InChI=1S/C17H26N2/c1-6-16(3,4)13-10-11-15(19-13)17(5,7-2)14-9-8-12-18-14/h8-12,18-19H,6-7H2,1-5H3. The van der Waals surface area contributed by atoms with Gasteiger partial charge in [0, 0.05) is 34.1 Å². The molecule has 2 aromatic rings. The van der Waals surface area contributed by atoms with E-state index in [-0.39, 0.29) is 10.8 Å². The molecule has 0 aliphatic rings. The summed E-state index contributed by atoms with van der Waals surface area (Å²) in [7, 11) is 0. The van der Waals surface area contributed by atoms with E-state index in [0.29, 0.717) is 0 Å². The SMILES string of the molecule is CCC(C)(C)c1ccc(C(C)(CC)c2ccc[nH]2)[nH]1. The maximum atomic E-state index is 3.66. The summed E-state index contributed by atoms with van der Waals surface area (Å²) in [6.45, 7) is 11.4. The van der Waals surface area contributed by atoms with Gasteiger partial charge in [0.05, 0.1) is 0 Å². The molecule has 0 aliphatic heterocycles. The number of rotatable bonds is 5. The minimum Gasteiger partial charge on any atom is -0.364 e. The van der Waals surface area contributed by atoms with Gasteiger partial charge < -0.3 is 9.97 Å². The van der Waals surface area contributed by atoms with E-state index < -0.39 is 0 Å². The number of H-pyrrole nitrogens is 2. The molecule has 0 saturated carbocycles. The Morgan fingerprint density at radius 1 is 0.895 bits per heavy atom. The molecular formula is C17H26N2. The van der Waals surface area contributed by atoms with Gasteiger partial charge in [0.1, 0.15) is 0 Å². The summed E-state index contributed by atoms with van der Waals surface area (Å²) in [4.78, 5) is 7.03. The molecule has 0 aromatic carbocycles. The summed E-state index contributed by atoms with van der Waals surface area (Å²) in [6, 6.07) is 8.74. The van der Waals surface area contributed by atoms with Gasteiger partial charge in [-0.2, -0.15) is 0 Å². The molecule has 0 saturated heterocycles. The maximum Gasteiger partial charge on any atom is 0.0472 e. The van der Waals surface area contributed by atoms with E-state index in [9.17, 15) is 0 Å². The third kappa shape index (κ3) is 2.36. The molecule has 2 N–H and O–H groups in total. The van der Waals surface area contributed by atoms with Crippen LogP contribution < -0.4 is 0 Å². The third-order valence-corrected chi connectivity index (χ3v) is 4.79. The number of nitrogens with one attached hydrogen (secondary N) is 2. The van der Waals surface area contributed by atoms with Crippen LogP contribution in [0.1, 0.15) is 64.5 Å². The van der Waals surface area contributed by atoms with Gasteiger partial charge in [0.2, 0.25) is 0 Å². The van der Waals surface area contributed by atoms with Crippen LogP contribution >= 0.6 is 0 Å². The molecule has 0 aliphatic carbocycles. The molecule has 19 heavy (non-hydrogen) atoms. The zero-order chi connectivity index (χ0) is 14.1. The summed E-state index contributed by atoms with van der Waals surface area (Å²) in [5, 5.41) is 0. The second-order valence-corrected chi connectivity index (χ2v) is 6.29. The molecule has 1 atom stereocenters. The lowest BCUT2D eigenvalue weighted by Crippen LogP contribution is -2.24. The maximum absolute atomic E-state index is 3.66. The predicted molar refractivity (Wildman–Crippen MR) is 81.6 cm³/mol. The van der Waals surface area contributed by atoms with Crippen molar-refractivity contribution >= 4 is 0 Å². The van der Waals surface area contributed by atoms with E-state index in [2.05, 4.69) is 68.9 Å². The average molecular weight is 258 g/mol. The Morgan fingerprint density at radius 2 is 1.58 bits per heavy atom. The molecule has 2 rings (SSSR count). The molecule has 2 nitrogen and oxygen atoms in total. The van der Waals surface area contributed by atoms with Crippen LogP contribution in [0.25, 0.3) is 0 Å². The largest absolute Gasteiger partial charge is 0.364 e. The first-order chi connectivity index (χ1) is 8.94. The summed E-state index contributed by atoms with van der Waals surface area (Å²) in [5.41, 5.74) is 4.15. The van der Waals surface area contributed by atoms with Crippen LogP contribution in [-0.2, 0) is 10.8 Å². The molecule has 0 bridgehead atoms. The zero-order valence-electron chi connectivity index (χ0n) is 12.8. The minimum absolute atomic E-state index is 0.0333. The first-order valence-corrected chi connectivity index (χ1v) is 7.28. The highest BCUT2D eigenvalue weighted by Crippen LogP contribution is 2.35. The highest BCUT2D eigenvalue weighted by molar-refractivity contribution is 5.33. The quantitative estimate of drug-likeness (QED) is 0.776. The first kappa shape index (κ1) is 14.0. The molecule has 0 spiro atoms. The van der Waals surface area contributed by atoms with Crippen molar-refractivity contribution in [1.29, 1.82) is 0 Å². The van der Waals surface area contributed by atoms with Gasteiger partial charge in [-0.15, -0.1) is 0 Å².